The Bertz CT molecular complexity index is 343. The van der Waals surface area contributed by atoms with Gasteiger partial charge >= 0.3 is 0 Å². The van der Waals surface area contributed by atoms with Crippen molar-refractivity contribution >= 4 is 0 Å². The number of epoxide rings is 1. The summed E-state index contributed by atoms with van der Waals surface area (Å²) in [6.07, 6.45) is 0.259. The van der Waals surface area contributed by atoms with E-state index in [0.29, 0.717) is 0 Å². The Morgan fingerprint density at radius 3 is 2.29 bits per heavy atom. The Balaban J connectivity index is 2.42. The van der Waals surface area contributed by atoms with Crippen molar-refractivity contribution in [1.82, 2.24) is 0 Å². The van der Waals surface area contributed by atoms with Crippen LogP contribution in [-0.4, -0.2) is 20.8 Å². The molecular weight excluding hydrogens is 180 g/mol. The first-order chi connectivity index (χ1) is 6.76. The van der Waals surface area contributed by atoms with Crippen LogP contribution in [0, 0.1) is 6.92 Å². The van der Waals surface area contributed by atoms with E-state index in [-0.39, 0.29) is 6.10 Å². The smallest absolute Gasteiger partial charge is 0.161 e. The maximum Gasteiger partial charge on any atom is 0.161 e. The van der Waals surface area contributed by atoms with Crippen molar-refractivity contribution in [3.8, 4) is 11.5 Å². The van der Waals surface area contributed by atoms with E-state index in [1.54, 1.807) is 14.2 Å². The van der Waals surface area contributed by atoms with E-state index in [0.717, 1.165) is 18.1 Å². The highest BCUT2D eigenvalue weighted by Gasteiger charge is 2.27. The van der Waals surface area contributed by atoms with Gasteiger partial charge in [0.25, 0.3) is 0 Å². The van der Waals surface area contributed by atoms with E-state index in [1.807, 2.05) is 12.1 Å². The normalized spacial score (nSPS) is 19.2. The van der Waals surface area contributed by atoms with Gasteiger partial charge in [-0.3, -0.25) is 0 Å². The quantitative estimate of drug-likeness (QED) is 0.690. The molecular formula is C11H14O3. The van der Waals surface area contributed by atoms with Crippen LogP contribution in [0.2, 0.25) is 0 Å². The minimum absolute atomic E-state index is 0.259. The molecule has 76 valence electrons. The van der Waals surface area contributed by atoms with Gasteiger partial charge in [-0.15, -0.1) is 0 Å². The molecule has 1 aromatic rings. The molecule has 3 heteroatoms. The summed E-state index contributed by atoms with van der Waals surface area (Å²) < 4.78 is 15.7. The summed E-state index contributed by atoms with van der Waals surface area (Å²) in [5.41, 5.74) is 2.38. The SMILES string of the molecule is COc1cc(C)c([C@@H]2CO2)cc1OC. The summed E-state index contributed by atoms with van der Waals surface area (Å²) in [4.78, 5) is 0. The van der Waals surface area contributed by atoms with E-state index >= 15 is 0 Å². The number of aryl methyl sites for hydroxylation is 1. The number of ether oxygens (including phenoxy) is 3. The molecule has 0 radical (unpaired) electrons. The second-order valence-electron chi connectivity index (χ2n) is 3.39. The molecule has 0 saturated carbocycles. The molecule has 0 bridgehead atoms. The van der Waals surface area contributed by atoms with Crippen molar-refractivity contribution in [2.24, 2.45) is 0 Å². The molecule has 0 amide bonds. The maximum absolute atomic E-state index is 5.25. The van der Waals surface area contributed by atoms with Crippen molar-refractivity contribution in [2.75, 3.05) is 20.8 Å². The van der Waals surface area contributed by atoms with Crippen molar-refractivity contribution in [2.45, 2.75) is 13.0 Å². The Morgan fingerprint density at radius 1 is 1.21 bits per heavy atom. The number of benzene rings is 1. The fourth-order valence-corrected chi connectivity index (χ4v) is 1.57. The Labute approximate surface area is 83.6 Å². The van der Waals surface area contributed by atoms with Gasteiger partial charge < -0.3 is 14.2 Å². The van der Waals surface area contributed by atoms with Gasteiger partial charge in [-0.1, -0.05) is 0 Å². The van der Waals surface area contributed by atoms with Gasteiger partial charge in [0.05, 0.1) is 20.8 Å². The third-order valence-electron chi connectivity index (χ3n) is 2.45. The van der Waals surface area contributed by atoms with E-state index in [4.69, 9.17) is 14.2 Å². The molecule has 1 aliphatic heterocycles. The molecule has 0 aliphatic carbocycles. The number of hydrogen-bond acceptors (Lipinski definition) is 3. The van der Waals surface area contributed by atoms with E-state index in [2.05, 4.69) is 6.92 Å². The Hall–Kier alpha value is -1.22. The van der Waals surface area contributed by atoms with Gasteiger partial charge in [0.2, 0.25) is 0 Å². The van der Waals surface area contributed by atoms with Crippen LogP contribution in [0.1, 0.15) is 17.2 Å². The van der Waals surface area contributed by atoms with Crippen molar-refractivity contribution in [1.29, 1.82) is 0 Å². The molecule has 2 rings (SSSR count). The fraction of sp³-hybridized carbons (Fsp3) is 0.455. The zero-order valence-corrected chi connectivity index (χ0v) is 8.66. The second kappa shape index (κ2) is 3.50. The predicted octanol–water partition coefficient (Wildman–Crippen LogP) is 2.08. The summed E-state index contributed by atoms with van der Waals surface area (Å²) in [6, 6.07) is 3.97. The Morgan fingerprint density at radius 2 is 1.79 bits per heavy atom. The molecule has 1 heterocycles. The fourth-order valence-electron chi connectivity index (χ4n) is 1.57. The van der Waals surface area contributed by atoms with Crippen LogP contribution in [0.25, 0.3) is 0 Å². The van der Waals surface area contributed by atoms with E-state index < -0.39 is 0 Å². The first kappa shape index (κ1) is 9.34. The summed E-state index contributed by atoms with van der Waals surface area (Å²) in [6.45, 7) is 2.87. The topological polar surface area (TPSA) is 31.0 Å². The summed E-state index contributed by atoms with van der Waals surface area (Å²) in [5, 5.41) is 0. The minimum atomic E-state index is 0.259. The maximum atomic E-state index is 5.25. The lowest BCUT2D eigenvalue weighted by Gasteiger charge is -2.11. The van der Waals surface area contributed by atoms with Crippen LogP contribution >= 0.6 is 0 Å². The van der Waals surface area contributed by atoms with Crippen molar-refractivity contribution in [3.05, 3.63) is 23.3 Å². The van der Waals surface area contributed by atoms with Crippen LogP contribution in [0.5, 0.6) is 11.5 Å². The number of hydrogen-bond donors (Lipinski definition) is 0. The van der Waals surface area contributed by atoms with Gasteiger partial charge in [-0.2, -0.15) is 0 Å². The molecule has 3 nitrogen and oxygen atoms in total. The lowest BCUT2D eigenvalue weighted by Crippen LogP contribution is -1.95. The van der Waals surface area contributed by atoms with Crippen LogP contribution in [0.15, 0.2) is 12.1 Å². The van der Waals surface area contributed by atoms with Crippen molar-refractivity contribution < 1.29 is 14.2 Å². The van der Waals surface area contributed by atoms with Gasteiger partial charge in [-0.05, 0) is 30.2 Å². The van der Waals surface area contributed by atoms with Crippen LogP contribution in [0.3, 0.4) is 0 Å². The predicted molar refractivity (Wildman–Crippen MR) is 53.0 cm³/mol. The molecule has 1 aromatic carbocycles. The summed E-state index contributed by atoms with van der Waals surface area (Å²) >= 11 is 0. The number of methoxy groups -OCH3 is 2. The third kappa shape index (κ3) is 1.55. The van der Waals surface area contributed by atoms with Gasteiger partial charge in [0, 0.05) is 0 Å². The molecule has 1 aliphatic rings. The average Bonchev–Trinajstić information content (AvgIpc) is 3.01. The zero-order valence-electron chi connectivity index (χ0n) is 8.66. The average molecular weight is 194 g/mol. The highest BCUT2D eigenvalue weighted by atomic mass is 16.6. The first-order valence-corrected chi connectivity index (χ1v) is 4.60. The highest BCUT2D eigenvalue weighted by Crippen LogP contribution is 2.38. The van der Waals surface area contributed by atoms with Crippen molar-refractivity contribution in [3.63, 3.8) is 0 Å². The Kier molecular flexibility index (Phi) is 2.33. The molecule has 0 aromatic heterocycles. The largest absolute Gasteiger partial charge is 0.493 e. The molecule has 1 saturated heterocycles. The number of rotatable bonds is 3. The zero-order chi connectivity index (χ0) is 10.1. The first-order valence-electron chi connectivity index (χ1n) is 4.60. The summed E-state index contributed by atoms with van der Waals surface area (Å²) in [5.74, 6) is 1.54. The second-order valence-corrected chi connectivity index (χ2v) is 3.39. The minimum Gasteiger partial charge on any atom is -0.493 e. The molecule has 0 unspecified atom stereocenters. The highest BCUT2D eigenvalue weighted by molar-refractivity contribution is 5.48. The molecule has 0 spiro atoms. The molecule has 1 fully saturated rings. The van der Waals surface area contributed by atoms with Crippen LogP contribution in [-0.2, 0) is 4.74 Å². The van der Waals surface area contributed by atoms with E-state index in [1.165, 1.54) is 11.1 Å². The lowest BCUT2D eigenvalue weighted by atomic mass is 10.1. The molecule has 1 atom stereocenters. The molecule has 0 N–H and O–H groups in total. The monoisotopic (exact) mass is 194 g/mol. The standard InChI is InChI=1S/C11H14O3/c1-7-4-9(12-2)10(13-3)5-8(7)11-6-14-11/h4-5,11H,6H2,1-3H3/t11-/m0/s1. The molecule has 14 heavy (non-hydrogen) atoms. The van der Waals surface area contributed by atoms with Gasteiger partial charge in [0.15, 0.2) is 11.5 Å². The van der Waals surface area contributed by atoms with Crippen LogP contribution in [0.4, 0.5) is 0 Å². The van der Waals surface area contributed by atoms with Crippen LogP contribution < -0.4 is 9.47 Å². The van der Waals surface area contributed by atoms with E-state index in [9.17, 15) is 0 Å². The van der Waals surface area contributed by atoms with Gasteiger partial charge in [0.1, 0.15) is 6.10 Å². The lowest BCUT2D eigenvalue weighted by molar-refractivity contribution is 0.352. The third-order valence-corrected chi connectivity index (χ3v) is 2.45. The summed E-state index contributed by atoms with van der Waals surface area (Å²) in [7, 11) is 3.29. The van der Waals surface area contributed by atoms with Gasteiger partial charge in [-0.25, -0.2) is 0 Å².